The van der Waals surface area contributed by atoms with Gasteiger partial charge in [0.05, 0.1) is 17.2 Å². The van der Waals surface area contributed by atoms with E-state index >= 15 is 0 Å². The molecule has 1 unspecified atom stereocenters. The predicted octanol–water partition coefficient (Wildman–Crippen LogP) is 1.60. The van der Waals surface area contributed by atoms with Gasteiger partial charge in [0.1, 0.15) is 0 Å². The molecule has 0 amide bonds. The number of nitrogens with one attached hydrogen (secondary N) is 1. The van der Waals surface area contributed by atoms with Crippen molar-refractivity contribution in [3.05, 3.63) is 27.2 Å². The second-order valence-electron chi connectivity index (χ2n) is 4.62. The first kappa shape index (κ1) is 12.3. The van der Waals surface area contributed by atoms with Gasteiger partial charge in [0.15, 0.2) is 5.65 Å². The molecule has 0 bridgehead atoms. The topological polar surface area (TPSA) is 70.9 Å². The van der Waals surface area contributed by atoms with Crippen LogP contribution in [0.1, 0.15) is 20.8 Å². The van der Waals surface area contributed by atoms with E-state index in [0.29, 0.717) is 11.2 Å². The van der Waals surface area contributed by atoms with Crippen LogP contribution in [-0.2, 0) is 5.54 Å². The van der Waals surface area contributed by atoms with Gasteiger partial charge in [-0.1, -0.05) is 0 Å². The minimum absolute atomic E-state index is 0.267. The van der Waals surface area contributed by atoms with Crippen LogP contribution < -0.4 is 5.69 Å². The SMILES string of the molecule is CC(O)C(C)(C)n1c(=O)[nH]c2cc(Br)cnc21. The van der Waals surface area contributed by atoms with E-state index in [1.54, 1.807) is 33.0 Å². The Hall–Kier alpha value is -1.14. The number of fused-ring (bicyclic) bond motifs is 1. The maximum atomic E-state index is 11.9. The summed E-state index contributed by atoms with van der Waals surface area (Å²) in [6.07, 6.45) is 0.967. The second-order valence-corrected chi connectivity index (χ2v) is 5.54. The Morgan fingerprint density at radius 1 is 1.59 bits per heavy atom. The molecule has 0 spiro atoms. The Morgan fingerprint density at radius 3 is 2.82 bits per heavy atom. The van der Waals surface area contributed by atoms with Crippen molar-refractivity contribution < 1.29 is 5.11 Å². The number of imidazole rings is 1. The third kappa shape index (κ3) is 1.91. The number of hydrogen-bond acceptors (Lipinski definition) is 3. The zero-order valence-corrected chi connectivity index (χ0v) is 11.4. The quantitative estimate of drug-likeness (QED) is 0.885. The van der Waals surface area contributed by atoms with Crippen molar-refractivity contribution in [3.63, 3.8) is 0 Å². The lowest BCUT2D eigenvalue weighted by molar-refractivity contribution is 0.0735. The summed E-state index contributed by atoms with van der Waals surface area (Å²) < 4.78 is 2.28. The first-order valence-electron chi connectivity index (χ1n) is 5.29. The summed E-state index contributed by atoms with van der Waals surface area (Å²) in [7, 11) is 0. The predicted molar refractivity (Wildman–Crippen MR) is 69.1 cm³/mol. The fourth-order valence-electron chi connectivity index (χ4n) is 1.69. The third-order valence-corrected chi connectivity index (χ3v) is 3.52. The van der Waals surface area contributed by atoms with Crippen molar-refractivity contribution in [2.75, 3.05) is 0 Å². The van der Waals surface area contributed by atoms with Gasteiger partial charge in [0.2, 0.25) is 0 Å². The summed E-state index contributed by atoms with van der Waals surface area (Å²) in [5.74, 6) is 0. The van der Waals surface area contributed by atoms with Crippen LogP contribution in [0, 0.1) is 0 Å². The van der Waals surface area contributed by atoms with Gasteiger partial charge in [-0.15, -0.1) is 0 Å². The van der Waals surface area contributed by atoms with E-state index in [0.717, 1.165) is 4.47 Å². The average Bonchev–Trinajstić information content (AvgIpc) is 2.53. The first-order chi connectivity index (χ1) is 7.84. The molecule has 17 heavy (non-hydrogen) atoms. The average molecular weight is 300 g/mol. The van der Waals surface area contributed by atoms with Crippen LogP contribution in [-0.4, -0.2) is 25.7 Å². The number of aliphatic hydroxyl groups is 1. The first-order valence-corrected chi connectivity index (χ1v) is 6.08. The summed E-state index contributed by atoms with van der Waals surface area (Å²) in [5, 5.41) is 9.78. The number of hydrogen-bond donors (Lipinski definition) is 2. The molecule has 6 heteroatoms. The highest BCUT2D eigenvalue weighted by Gasteiger charge is 2.30. The summed E-state index contributed by atoms with van der Waals surface area (Å²) in [4.78, 5) is 18.9. The Bertz CT molecular complexity index is 613. The number of pyridine rings is 1. The van der Waals surface area contributed by atoms with Crippen LogP contribution in [0.4, 0.5) is 0 Å². The molecule has 0 aliphatic heterocycles. The molecule has 0 saturated heterocycles. The maximum absolute atomic E-state index is 11.9. The van der Waals surface area contributed by atoms with Crippen molar-refractivity contribution in [3.8, 4) is 0 Å². The van der Waals surface area contributed by atoms with Gasteiger partial charge in [-0.2, -0.15) is 0 Å². The standard InChI is InChI=1S/C11H14BrN3O2/c1-6(16)11(2,3)15-9-8(14-10(15)17)4-7(12)5-13-9/h4-6,16H,1-3H3,(H,14,17). The van der Waals surface area contributed by atoms with Gasteiger partial charge in [-0.25, -0.2) is 9.78 Å². The third-order valence-electron chi connectivity index (χ3n) is 3.09. The van der Waals surface area contributed by atoms with E-state index < -0.39 is 11.6 Å². The highest BCUT2D eigenvalue weighted by Crippen LogP contribution is 2.23. The van der Waals surface area contributed by atoms with Gasteiger partial charge in [-0.3, -0.25) is 4.57 Å². The molecule has 0 aliphatic carbocycles. The Kier molecular flexibility index (Phi) is 2.87. The van der Waals surface area contributed by atoms with E-state index in [2.05, 4.69) is 25.9 Å². The molecule has 2 rings (SSSR count). The molecule has 2 heterocycles. The minimum atomic E-state index is -0.712. The van der Waals surface area contributed by atoms with Gasteiger partial charge in [-0.05, 0) is 42.8 Å². The van der Waals surface area contributed by atoms with Crippen molar-refractivity contribution in [1.29, 1.82) is 0 Å². The van der Waals surface area contributed by atoms with Gasteiger partial charge in [0.25, 0.3) is 0 Å². The molecule has 0 fully saturated rings. The lowest BCUT2D eigenvalue weighted by atomic mass is 9.98. The molecule has 2 aromatic heterocycles. The molecule has 0 saturated carbocycles. The van der Waals surface area contributed by atoms with E-state index in [-0.39, 0.29) is 5.69 Å². The monoisotopic (exact) mass is 299 g/mol. The Labute approximate surface area is 107 Å². The fraction of sp³-hybridized carbons (Fsp3) is 0.455. The Balaban J connectivity index is 2.78. The second kappa shape index (κ2) is 3.96. The maximum Gasteiger partial charge on any atom is 0.328 e. The molecule has 5 nitrogen and oxygen atoms in total. The number of nitrogens with zero attached hydrogens (tertiary/aromatic N) is 2. The van der Waals surface area contributed by atoms with Crippen molar-refractivity contribution >= 4 is 27.1 Å². The van der Waals surface area contributed by atoms with Crippen LogP contribution >= 0.6 is 15.9 Å². The van der Waals surface area contributed by atoms with Gasteiger partial charge >= 0.3 is 5.69 Å². The Morgan fingerprint density at radius 2 is 2.24 bits per heavy atom. The van der Waals surface area contributed by atoms with Crippen LogP contribution in [0.3, 0.4) is 0 Å². The largest absolute Gasteiger partial charge is 0.391 e. The van der Waals surface area contributed by atoms with E-state index in [1.807, 2.05) is 0 Å². The number of aromatic amines is 1. The molecule has 0 aromatic carbocycles. The number of aliphatic hydroxyl groups excluding tert-OH is 1. The summed E-state index contributed by atoms with van der Waals surface area (Å²) >= 11 is 3.30. The molecule has 0 aliphatic rings. The van der Waals surface area contributed by atoms with E-state index in [1.165, 1.54) is 4.57 Å². The zero-order chi connectivity index (χ0) is 12.8. The molecule has 2 N–H and O–H groups in total. The smallest absolute Gasteiger partial charge is 0.328 e. The van der Waals surface area contributed by atoms with Crippen LogP contribution in [0.5, 0.6) is 0 Å². The number of rotatable bonds is 2. The van der Waals surface area contributed by atoms with E-state index in [4.69, 9.17) is 0 Å². The highest BCUT2D eigenvalue weighted by atomic mass is 79.9. The lowest BCUT2D eigenvalue weighted by Crippen LogP contribution is -2.43. The van der Waals surface area contributed by atoms with E-state index in [9.17, 15) is 9.90 Å². The normalized spacial score (nSPS) is 14.2. The van der Waals surface area contributed by atoms with Crippen LogP contribution in [0.2, 0.25) is 0 Å². The van der Waals surface area contributed by atoms with Gasteiger partial charge in [0, 0.05) is 10.7 Å². The number of halogens is 1. The highest BCUT2D eigenvalue weighted by molar-refractivity contribution is 9.10. The summed E-state index contributed by atoms with van der Waals surface area (Å²) in [6, 6.07) is 1.79. The molecular weight excluding hydrogens is 286 g/mol. The van der Waals surface area contributed by atoms with Crippen molar-refractivity contribution in [2.45, 2.75) is 32.4 Å². The zero-order valence-electron chi connectivity index (χ0n) is 9.86. The molecule has 1 atom stereocenters. The van der Waals surface area contributed by atoms with Crippen molar-refractivity contribution in [1.82, 2.24) is 14.5 Å². The van der Waals surface area contributed by atoms with Crippen molar-refractivity contribution in [2.24, 2.45) is 0 Å². The minimum Gasteiger partial charge on any atom is -0.391 e. The number of H-pyrrole nitrogens is 1. The fourth-order valence-corrected chi connectivity index (χ4v) is 2.02. The molecular formula is C11H14BrN3O2. The van der Waals surface area contributed by atoms with Crippen LogP contribution in [0.25, 0.3) is 11.2 Å². The molecule has 0 radical (unpaired) electrons. The number of aromatic nitrogens is 3. The molecule has 92 valence electrons. The van der Waals surface area contributed by atoms with Gasteiger partial charge < -0.3 is 10.1 Å². The summed E-state index contributed by atoms with van der Waals surface area (Å²) in [5.41, 5.74) is 0.217. The lowest BCUT2D eigenvalue weighted by Gasteiger charge is -2.29. The summed E-state index contributed by atoms with van der Waals surface area (Å²) in [6.45, 7) is 5.26. The van der Waals surface area contributed by atoms with Crippen LogP contribution in [0.15, 0.2) is 21.5 Å². The molecule has 2 aromatic rings.